The Morgan fingerprint density at radius 1 is 1.24 bits per heavy atom. The molecule has 0 amide bonds. The first-order chi connectivity index (χ1) is 10.2. The standard InChI is InChI=1S/C17H25Cl2NS/c1-2-20-15(12-21-16-6-4-3-5-7-16)11-13-10-14(18)8-9-17(13)19/h8-10,15-16,20H,2-7,11-12H2,1H3. The zero-order valence-corrected chi connectivity index (χ0v) is 15.0. The van der Waals surface area contributed by atoms with Crippen LogP contribution in [0, 0.1) is 0 Å². The molecule has 0 aliphatic heterocycles. The number of halogens is 2. The maximum Gasteiger partial charge on any atom is 0.0439 e. The molecule has 0 aromatic heterocycles. The van der Waals surface area contributed by atoms with Crippen LogP contribution in [0.1, 0.15) is 44.6 Å². The molecule has 0 saturated heterocycles. The Morgan fingerprint density at radius 3 is 2.71 bits per heavy atom. The van der Waals surface area contributed by atoms with Gasteiger partial charge in [0, 0.05) is 27.1 Å². The summed E-state index contributed by atoms with van der Waals surface area (Å²) >= 11 is 14.5. The summed E-state index contributed by atoms with van der Waals surface area (Å²) in [5.41, 5.74) is 1.15. The van der Waals surface area contributed by atoms with Gasteiger partial charge in [0.1, 0.15) is 0 Å². The largest absolute Gasteiger partial charge is 0.313 e. The molecule has 1 aliphatic rings. The number of benzene rings is 1. The van der Waals surface area contributed by atoms with Crippen LogP contribution in [0.2, 0.25) is 10.0 Å². The zero-order chi connectivity index (χ0) is 15.1. The second kappa shape index (κ2) is 9.29. The van der Waals surface area contributed by atoms with Crippen LogP contribution in [-0.2, 0) is 6.42 Å². The smallest absolute Gasteiger partial charge is 0.0439 e. The maximum atomic E-state index is 6.30. The zero-order valence-electron chi connectivity index (χ0n) is 12.7. The lowest BCUT2D eigenvalue weighted by atomic mass is 10.0. The van der Waals surface area contributed by atoms with E-state index in [-0.39, 0.29) is 0 Å². The Labute approximate surface area is 143 Å². The SMILES string of the molecule is CCNC(CSC1CCCCC1)Cc1cc(Cl)ccc1Cl. The summed E-state index contributed by atoms with van der Waals surface area (Å²) in [5.74, 6) is 1.15. The first kappa shape index (κ1) is 17.5. The van der Waals surface area contributed by atoms with E-state index in [0.717, 1.165) is 39.6 Å². The van der Waals surface area contributed by atoms with Gasteiger partial charge in [0.2, 0.25) is 0 Å². The van der Waals surface area contributed by atoms with Gasteiger partial charge in [-0.1, -0.05) is 49.4 Å². The van der Waals surface area contributed by atoms with Crippen molar-refractivity contribution in [1.29, 1.82) is 0 Å². The highest BCUT2D eigenvalue weighted by molar-refractivity contribution is 7.99. The van der Waals surface area contributed by atoms with Gasteiger partial charge in [0.15, 0.2) is 0 Å². The third kappa shape index (κ3) is 6.02. The van der Waals surface area contributed by atoms with Gasteiger partial charge in [0.25, 0.3) is 0 Å². The van der Waals surface area contributed by atoms with Gasteiger partial charge in [-0.25, -0.2) is 0 Å². The molecule has 1 aromatic carbocycles. The van der Waals surface area contributed by atoms with Crippen molar-refractivity contribution in [2.45, 2.75) is 56.7 Å². The van der Waals surface area contributed by atoms with E-state index in [1.54, 1.807) is 0 Å². The molecule has 1 nitrogen and oxygen atoms in total. The van der Waals surface area contributed by atoms with Gasteiger partial charge >= 0.3 is 0 Å². The molecule has 1 unspecified atom stereocenters. The van der Waals surface area contributed by atoms with Crippen molar-refractivity contribution >= 4 is 35.0 Å². The van der Waals surface area contributed by atoms with Crippen LogP contribution in [0.5, 0.6) is 0 Å². The van der Waals surface area contributed by atoms with Gasteiger partial charge in [0.05, 0.1) is 0 Å². The lowest BCUT2D eigenvalue weighted by Gasteiger charge is -2.24. The Morgan fingerprint density at radius 2 is 2.00 bits per heavy atom. The van der Waals surface area contributed by atoms with E-state index in [1.807, 2.05) is 18.2 Å². The second-order valence-electron chi connectivity index (χ2n) is 5.79. The molecule has 1 fully saturated rings. The third-order valence-corrected chi connectivity index (χ3v) is 6.19. The molecule has 0 radical (unpaired) electrons. The number of nitrogens with one attached hydrogen (secondary N) is 1. The normalized spacial score (nSPS) is 17.9. The Balaban J connectivity index is 1.89. The maximum absolute atomic E-state index is 6.30. The van der Waals surface area contributed by atoms with E-state index in [2.05, 4.69) is 24.0 Å². The quantitative estimate of drug-likeness (QED) is 0.692. The van der Waals surface area contributed by atoms with E-state index in [9.17, 15) is 0 Å². The molecule has 1 saturated carbocycles. The summed E-state index contributed by atoms with van der Waals surface area (Å²) < 4.78 is 0. The van der Waals surface area contributed by atoms with Crippen molar-refractivity contribution in [2.75, 3.05) is 12.3 Å². The molecule has 1 atom stereocenters. The van der Waals surface area contributed by atoms with Gasteiger partial charge < -0.3 is 5.32 Å². The summed E-state index contributed by atoms with van der Waals surface area (Å²) in [7, 11) is 0. The van der Waals surface area contributed by atoms with Crippen LogP contribution in [-0.4, -0.2) is 23.6 Å². The van der Waals surface area contributed by atoms with E-state index in [0.29, 0.717) is 6.04 Å². The van der Waals surface area contributed by atoms with Crippen LogP contribution >= 0.6 is 35.0 Å². The minimum absolute atomic E-state index is 0.470. The Hall–Kier alpha value is 0.110. The van der Waals surface area contributed by atoms with Gasteiger partial charge in [-0.05, 0) is 49.6 Å². The van der Waals surface area contributed by atoms with Crippen molar-refractivity contribution in [3.63, 3.8) is 0 Å². The molecule has 21 heavy (non-hydrogen) atoms. The van der Waals surface area contributed by atoms with E-state index >= 15 is 0 Å². The molecular weight excluding hydrogens is 321 g/mol. The third-order valence-electron chi connectivity index (χ3n) is 4.05. The van der Waals surface area contributed by atoms with Crippen LogP contribution in [0.15, 0.2) is 18.2 Å². The van der Waals surface area contributed by atoms with Gasteiger partial charge in [-0.2, -0.15) is 11.8 Å². The van der Waals surface area contributed by atoms with E-state index < -0.39 is 0 Å². The minimum atomic E-state index is 0.470. The van der Waals surface area contributed by atoms with Gasteiger partial charge in [-0.15, -0.1) is 0 Å². The van der Waals surface area contributed by atoms with Crippen molar-refractivity contribution in [2.24, 2.45) is 0 Å². The molecule has 0 bridgehead atoms. The molecule has 2 rings (SSSR count). The highest BCUT2D eigenvalue weighted by atomic mass is 35.5. The molecule has 0 spiro atoms. The molecule has 1 aliphatic carbocycles. The Bertz CT molecular complexity index is 433. The lowest BCUT2D eigenvalue weighted by Crippen LogP contribution is -2.34. The summed E-state index contributed by atoms with van der Waals surface area (Å²) in [6.45, 7) is 3.16. The van der Waals surface area contributed by atoms with Crippen molar-refractivity contribution in [1.82, 2.24) is 5.32 Å². The van der Waals surface area contributed by atoms with Crippen molar-refractivity contribution < 1.29 is 0 Å². The monoisotopic (exact) mass is 345 g/mol. The summed E-state index contributed by atoms with van der Waals surface area (Å²) in [4.78, 5) is 0. The highest BCUT2D eigenvalue weighted by Crippen LogP contribution is 2.29. The summed E-state index contributed by atoms with van der Waals surface area (Å²) in [6, 6.07) is 6.22. The fourth-order valence-corrected chi connectivity index (χ4v) is 4.72. The Kier molecular flexibility index (Phi) is 7.73. The number of hydrogen-bond donors (Lipinski definition) is 1. The van der Waals surface area contributed by atoms with E-state index in [1.165, 1.54) is 32.1 Å². The lowest BCUT2D eigenvalue weighted by molar-refractivity contribution is 0.513. The molecule has 1 aromatic rings. The number of likely N-dealkylation sites (N-methyl/N-ethyl adjacent to an activating group) is 1. The molecular formula is C17H25Cl2NS. The first-order valence-corrected chi connectivity index (χ1v) is 9.78. The van der Waals surface area contributed by atoms with Crippen molar-refractivity contribution in [3.8, 4) is 0 Å². The van der Waals surface area contributed by atoms with Crippen LogP contribution in [0.4, 0.5) is 0 Å². The number of rotatable bonds is 7. The van der Waals surface area contributed by atoms with Crippen molar-refractivity contribution in [3.05, 3.63) is 33.8 Å². The summed E-state index contributed by atoms with van der Waals surface area (Å²) in [5, 5.41) is 6.04. The van der Waals surface area contributed by atoms with Crippen LogP contribution in [0.25, 0.3) is 0 Å². The molecule has 118 valence electrons. The number of thioether (sulfide) groups is 1. The second-order valence-corrected chi connectivity index (χ2v) is 7.96. The topological polar surface area (TPSA) is 12.0 Å². The fraction of sp³-hybridized carbons (Fsp3) is 0.647. The van der Waals surface area contributed by atoms with Crippen LogP contribution < -0.4 is 5.32 Å². The predicted molar refractivity (Wildman–Crippen MR) is 97.0 cm³/mol. The van der Waals surface area contributed by atoms with Gasteiger partial charge in [-0.3, -0.25) is 0 Å². The number of hydrogen-bond acceptors (Lipinski definition) is 2. The average molecular weight is 346 g/mol. The molecule has 4 heteroatoms. The minimum Gasteiger partial charge on any atom is -0.313 e. The van der Waals surface area contributed by atoms with E-state index in [4.69, 9.17) is 23.2 Å². The fourth-order valence-electron chi connectivity index (χ4n) is 2.93. The summed E-state index contributed by atoms with van der Waals surface area (Å²) in [6.07, 6.45) is 7.97. The predicted octanol–water partition coefficient (Wildman–Crippen LogP) is 5.58. The van der Waals surface area contributed by atoms with Crippen LogP contribution in [0.3, 0.4) is 0 Å². The molecule has 0 heterocycles. The highest BCUT2D eigenvalue weighted by Gasteiger charge is 2.17. The molecule has 1 N–H and O–H groups in total. The average Bonchev–Trinajstić information content (AvgIpc) is 2.50. The first-order valence-electron chi connectivity index (χ1n) is 7.98.